The van der Waals surface area contributed by atoms with Crippen molar-refractivity contribution in [3.63, 3.8) is 0 Å². The lowest BCUT2D eigenvalue weighted by Crippen LogP contribution is -2.18. The number of aryl methyl sites for hydroxylation is 2. The number of anilines is 1. The highest BCUT2D eigenvalue weighted by Crippen LogP contribution is 2.22. The molecule has 0 unspecified atom stereocenters. The number of hydrogen-bond donors (Lipinski definition) is 2. The highest BCUT2D eigenvalue weighted by molar-refractivity contribution is 6.02. The van der Waals surface area contributed by atoms with Gasteiger partial charge >= 0.3 is 0 Å². The molecule has 2 N–H and O–H groups in total. The van der Waals surface area contributed by atoms with Crippen molar-refractivity contribution in [3.05, 3.63) is 53.2 Å². The first kappa shape index (κ1) is 18.4. The molecule has 4 rings (SSSR count). The second-order valence-corrected chi connectivity index (χ2v) is 7.17. The highest BCUT2D eigenvalue weighted by Gasteiger charge is 2.19. The lowest BCUT2D eigenvalue weighted by molar-refractivity contribution is 0.0995. The summed E-state index contributed by atoms with van der Waals surface area (Å²) in [5, 5.41) is 9.88. The second kappa shape index (κ2) is 7.98. The summed E-state index contributed by atoms with van der Waals surface area (Å²) in [5.41, 5.74) is 2.71. The number of carbonyl (C=O) groups excluding carboxylic acids is 1. The summed E-state index contributed by atoms with van der Waals surface area (Å²) in [7, 11) is 0. The molecule has 1 aromatic carbocycles. The molecule has 28 heavy (non-hydrogen) atoms. The van der Waals surface area contributed by atoms with E-state index in [0.717, 1.165) is 48.8 Å². The molecule has 2 aromatic heterocycles. The van der Waals surface area contributed by atoms with Crippen molar-refractivity contribution >= 4 is 11.6 Å². The fourth-order valence-corrected chi connectivity index (χ4v) is 3.56. The highest BCUT2D eigenvalue weighted by atomic mass is 16.4. The van der Waals surface area contributed by atoms with E-state index in [9.17, 15) is 4.79 Å². The monoisotopic (exact) mass is 379 g/mol. The Balaban J connectivity index is 1.45. The first-order valence-electron chi connectivity index (χ1n) is 9.77. The van der Waals surface area contributed by atoms with E-state index in [1.807, 2.05) is 37.3 Å². The number of furan rings is 1. The summed E-state index contributed by atoms with van der Waals surface area (Å²) in [6.45, 7) is 7.00. The van der Waals surface area contributed by atoms with Crippen molar-refractivity contribution < 1.29 is 9.21 Å². The first-order chi connectivity index (χ1) is 13.6. The fourth-order valence-electron chi connectivity index (χ4n) is 3.56. The molecule has 0 saturated carbocycles. The number of benzene rings is 1. The first-order valence-corrected chi connectivity index (χ1v) is 9.77. The molecule has 1 aliphatic rings. The maximum absolute atomic E-state index is 12.6. The molecule has 146 valence electrons. The molecule has 0 aliphatic carbocycles. The number of hydrogen-bond acceptors (Lipinski definition) is 5. The molecule has 1 fully saturated rings. The predicted molar refractivity (Wildman–Crippen MR) is 107 cm³/mol. The number of amides is 1. The van der Waals surface area contributed by atoms with Crippen LogP contribution in [0.15, 0.2) is 34.7 Å². The molecule has 3 aromatic rings. The minimum absolute atomic E-state index is 0.233. The summed E-state index contributed by atoms with van der Waals surface area (Å²) in [4.78, 5) is 19.4. The number of nitrogens with zero attached hydrogens (tertiary/aromatic N) is 3. The van der Waals surface area contributed by atoms with Gasteiger partial charge in [-0.05, 0) is 63.2 Å². The van der Waals surface area contributed by atoms with E-state index in [2.05, 4.69) is 32.3 Å². The van der Waals surface area contributed by atoms with Gasteiger partial charge in [-0.15, -0.1) is 0 Å². The van der Waals surface area contributed by atoms with E-state index in [1.54, 1.807) is 0 Å². The quantitative estimate of drug-likeness (QED) is 0.680. The Labute approximate surface area is 164 Å². The number of nitrogens with one attached hydrogen (secondary N) is 2. The molecule has 1 aliphatic heterocycles. The van der Waals surface area contributed by atoms with Crippen LogP contribution >= 0.6 is 0 Å². The maximum Gasteiger partial charge on any atom is 0.291 e. The largest absolute Gasteiger partial charge is 0.456 e. The number of aromatic amines is 1. The van der Waals surface area contributed by atoms with Crippen molar-refractivity contribution in [2.45, 2.75) is 39.7 Å². The predicted octanol–water partition coefficient (Wildman–Crippen LogP) is 3.78. The summed E-state index contributed by atoms with van der Waals surface area (Å²) < 4.78 is 5.84. The van der Waals surface area contributed by atoms with E-state index in [4.69, 9.17) is 4.42 Å². The van der Waals surface area contributed by atoms with Crippen LogP contribution in [0.25, 0.3) is 11.4 Å². The van der Waals surface area contributed by atoms with Crippen molar-refractivity contribution in [1.29, 1.82) is 0 Å². The lowest BCUT2D eigenvalue weighted by Gasteiger charge is -2.13. The minimum atomic E-state index is -0.233. The standard InChI is InChI=1S/C21H25N5O2/c1-3-18-16(13-26-10-4-5-11-26)12-19(28-18)21(27)23-17-8-6-15(7-9-17)20-22-14(2)24-25-20/h6-9,12H,3-5,10-11,13H2,1-2H3,(H,23,27)(H,22,24,25). The lowest BCUT2D eigenvalue weighted by atomic mass is 10.2. The average molecular weight is 379 g/mol. The van der Waals surface area contributed by atoms with Crippen molar-refractivity contribution in [1.82, 2.24) is 20.1 Å². The Morgan fingerprint density at radius 2 is 2.00 bits per heavy atom. The van der Waals surface area contributed by atoms with Gasteiger partial charge in [-0.1, -0.05) is 6.92 Å². The molecule has 7 heteroatoms. The second-order valence-electron chi connectivity index (χ2n) is 7.17. The smallest absolute Gasteiger partial charge is 0.291 e. The fraction of sp³-hybridized carbons (Fsp3) is 0.381. The van der Waals surface area contributed by atoms with Crippen LogP contribution in [-0.4, -0.2) is 39.1 Å². The Hall–Kier alpha value is -2.93. The Morgan fingerprint density at radius 3 is 2.64 bits per heavy atom. The van der Waals surface area contributed by atoms with Gasteiger partial charge in [0.2, 0.25) is 0 Å². The molecular weight excluding hydrogens is 354 g/mol. The van der Waals surface area contributed by atoms with Gasteiger partial charge in [0.25, 0.3) is 5.91 Å². The third-order valence-electron chi connectivity index (χ3n) is 5.03. The maximum atomic E-state index is 12.6. The zero-order chi connectivity index (χ0) is 19.5. The number of aromatic nitrogens is 3. The van der Waals surface area contributed by atoms with Crippen LogP contribution in [0, 0.1) is 6.92 Å². The average Bonchev–Trinajstić information content (AvgIpc) is 3.44. The molecule has 0 atom stereocenters. The van der Waals surface area contributed by atoms with Crippen LogP contribution in [0.1, 0.15) is 47.5 Å². The molecule has 7 nitrogen and oxygen atoms in total. The van der Waals surface area contributed by atoms with Crippen LogP contribution < -0.4 is 5.32 Å². The van der Waals surface area contributed by atoms with E-state index in [-0.39, 0.29) is 5.91 Å². The number of carbonyl (C=O) groups is 1. The van der Waals surface area contributed by atoms with Crippen LogP contribution in [-0.2, 0) is 13.0 Å². The normalized spacial score (nSPS) is 14.5. The van der Waals surface area contributed by atoms with Crippen molar-refractivity contribution in [2.24, 2.45) is 0 Å². The van der Waals surface area contributed by atoms with Crippen molar-refractivity contribution in [2.75, 3.05) is 18.4 Å². The van der Waals surface area contributed by atoms with Gasteiger partial charge in [-0.25, -0.2) is 4.98 Å². The molecule has 1 amide bonds. The Kier molecular flexibility index (Phi) is 5.25. The topological polar surface area (TPSA) is 87.0 Å². The van der Waals surface area contributed by atoms with Crippen molar-refractivity contribution in [3.8, 4) is 11.4 Å². The van der Waals surface area contributed by atoms with Crippen LogP contribution in [0.3, 0.4) is 0 Å². The number of rotatable bonds is 6. The van der Waals surface area contributed by atoms with Crippen LogP contribution in [0.4, 0.5) is 5.69 Å². The van der Waals surface area contributed by atoms with Gasteiger partial charge in [0.1, 0.15) is 11.6 Å². The van der Waals surface area contributed by atoms with E-state index in [0.29, 0.717) is 17.3 Å². The van der Waals surface area contributed by atoms with Gasteiger partial charge in [0, 0.05) is 29.8 Å². The SMILES string of the molecule is CCc1oc(C(=O)Nc2ccc(-c3n[nH]c(C)n3)cc2)cc1CN1CCCC1. The van der Waals surface area contributed by atoms with E-state index >= 15 is 0 Å². The number of H-pyrrole nitrogens is 1. The molecule has 0 radical (unpaired) electrons. The Morgan fingerprint density at radius 1 is 1.25 bits per heavy atom. The van der Waals surface area contributed by atoms with Crippen LogP contribution in [0.2, 0.25) is 0 Å². The van der Waals surface area contributed by atoms with Crippen LogP contribution in [0.5, 0.6) is 0 Å². The third-order valence-corrected chi connectivity index (χ3v) is 5.03. The van der Waals surface area contributed by atoms with Gasteiger partial charge in [-0.3, -0.25) is 14.8 Å². The minimum Gasteiger partial charge on any atom is -0.456 e. The number of likely N-dealkylation sites (tertiary alicyclic amines) is 1. The zero-order valence-corrected chi connectivity index (χ0v) is 16.3. The molecule has 1 saturated heterocycles. The zero-order valence-electron chi connectivity index (χ0n) is 16.3. The van der Waals surface area contributed by atoms with E-state index in [1.165, 1.54) is 12.8 Å². The van der Waals surface area contributed by atoms with E-state index < -0.39 is 0 Å². The third kappa shape index (κ3) is 3.99. The van der Waals surface area contributed by atoms with Gasteiger partial charge < -0.3 is 9.73 Å². The summed E-state index contributed by atoms with van der Waals surface area (Å²) in [5.74, 6) is 2.43. The molecule has 0 spiro atoms. The Bertz CT molecular complexity index is 952. The van der Waals surface area contributed by atoms with Gasteiger partial charge in [-0.2, -0.15) is 5.10 Å². The molecule has 3 heterocycles. The summed E-state index contributed by atoms with van der Waals surface area (Å²) in [6.07, 6.45) is 3.27. The molecular formula is C21H25N5O2. The van der Waals surface area contributed by atoms with Gasteiger partial charge in [0.15, 0.2) is 11.6 Å². The van der Waals surface area contributed by atoms with Gasteiger partial charge in [0.05, 0.1) is 0 Å². The summed E-state index contributed by atoms with van der Waals surface area (Å²) in [6, 6.07) is 9.34. The summed E-state index contributed by atoms with van der Waals surface area (Å²) >= 11 is 0. The molecule has 0 bridgehead atoms.